The quantitative estimate of drug-likeness (QED) is 0.740. The van der Waals surface area contributed by atoms with Crippen molar-refractivity contribution in [2.24, 2.45) is 5.92 Å². The number of aryl methyl sites for hydroxylation is 1. The molecular weight excluding hydrogens is 352 g/mol. The third-order valence-electron chi connectivity index (χ3n) is 4.89. The van der Waals surface area contributed by atoms with Gasteiger partial charge in [-0.25, -0.2) is 4.98 Å². The van der Waals surface area contributed by atoms with Gasteiger partial charge in [0.1, 0.15) is 11.3 Å². The summed E-state index contributed by atoms with van der Waals surface area (Å²) in [5, 5.41) is 13.3. The van der Waals surface area contributed by atoms with Crippen molar-refractivity contribution in [2.45, 2.75) is 31.9 Å². The van der Waals surface area contributed by atoms with Gasteiger partial charge < -0.3 is 10.4 Å². The molecule has 1 saturated carbocycles. The van der Waals surface area contributed by atoms with E-state index >= 15 is 0 Å². The molecule has 4 rings (SSSR count). The van der Waals surface area contributed by atoms with E-state index in [1.165, 1.54) is 0 Å². The zero-order valence-electron chi connectivity index (χ0n) is 14.3. The number of carbonyl (C=O) groups excluding carboxylic acids is 1. The van der Waals surface area contributed by atoms with E-state index < -0.39 is 0 Å². The molecule has 0 saturated heterocycles. The van der Waals surface area contributed by atoms with Gasteiger partial charge in [-0.3, -0.25) is 14.2 Å². The third-order valence-corrected chi connectivity index (χ3v) is 5.11. The van der Waals surface area contributed by atoms with Gasteiger partial charge in [-0.2, -0.15) is 0 Å². The number of aromatic nitrogens is 3. The normalized spacial score (nSPS) is 20.6. The summed E-state index contributed by atoms with van der Waals surface area (Å²) < 4.78 is 1.71. The van der Waals surface area contributed by atoms with Gasteiger partial charge in [0, 0.05) is 12.4 Å². The van der Waals surface area contributed by atoms with Gasteiger partial charge in [0.05, 0.1) is 28.6 Å². The molecule has 0 aliphatic heterocycles. The zero-order valence-corrected chi connectivity index (χ0v) is 15.0. The molecular formula is C19H19ClN4O2. The van der Waals surface area contributed by atoms with Crippen LogP contribution in [0.5, 0.6) is 0 Å². The van der Waals surface area contributed by atoms with Crippen molar-refractivity contribution >= 4 is 23.2 Å². The van der Waals surface area contributed by atoms with Crippen LogP contribution in [0.3, 0.4) is 0 Å². The number of carbonyl (C=O) groups is 1. The Bertz CT molecular complexity index is 951. The van der Waals surface area contributed by atoms with E-state index in [9.17, 15) is 9.90 Å². The van der Waals surface area contributed by atoms with Crippen LogP contribution in [0.25, 0.3) is 5.65 Å². The molecule has 3 aromatic rings. The predicted octanol–water partition coefficient (Wildman–Crippen LogP) is 2.93. The number of hydrogen-bond acceptors (Lipinski definition) is 4. The lowest BCUT2D eigenvalue weighted by Crippen LogP contribution is -2.42. The number of halogens is 1. The van der Waals surface area contributed by atoms with Crippen LogP contribution in [-0.2, 0) is 0 Å². The minimum atomic E-state index is -0.306. The highest BCUT2D eigenvalue weighted by atomic mass is 35.5. The Morgan fingerprint density at radius 1 is 1.35 bits per heavy atom. The van der Waals surface area contributed by atoms with Gasteiger partial charge in [-0.1, -0.05) is 17.7 Å². The van der Waals surface area contributed by atoms with Crippen molar-refractivity contribution < 1.29 is 9.90 Å². The Morgan fingerprint density at radius 3 is 2.85 bits per heavy atom. The molecule has 0 radical (unpaired) electrons. The summed E-state index contributed by atoms with van der Waals surface area (Å²) in [5.74, 6) is -0.0683. The van der Waals surface area contributed by atoms with Crippen molar-refractivity contribution in [3.63, 3.8) is 0 Å². The molecule has 7 heteroatoms. The summed E-state index contributed by atoms with van der Waals surface area (Å²) in [4.78, 5) is 21.9. The van der Waals surface area contributed by atoms with Crippen molar-refractivity contribution in [3.8, 4) is 0 Å². The van der Waals surface area contributed by atoms with E-state index in [2.05, 4.69) is 15.3 Å². The van der Waals surface area contributed by atoms with E-state index in [1.807, 2.05) is 18.2 Å². The lowest BCUT2D eigenvalue weighted by molar-refractivity contribution is 0.0227. The molecule has 0 unspecified atom stereocenters. The molecule has 0 aromatic carbocycles. The first-order chi connectivity index (χ1) is 12.5. The lowest BCUT2D eigenvalue weighted by atomic mass is 9.76. The minimum absolute atomic E-state index is 0.159. The Balaban J connectivity index is 1.67. The Kier molecular flexibility index (Phi) is 4.38. The van der Waals surface area contributed by atoms with Gasteiger partial charge in [0.2, 0.25) is 0 Å². The average molecular weight is 371 g/mol. The lowest BCUT2D eigenvalue weighted by Gasteiger charge is -2.37. The molecule has 1 aliphatic carbocycles. The smallest absolute Gasteiger partial charge is 0.270 e. The van der Waals surface area contributed by atoms with Crippen molar-refractivity contribution in [1.82, 2.24) is 19.7 Å². The van der Waals surface area contributed by atoms with E-state index in [-0.39, 0.29) is 24.0 Å². The number of rotatable bonds is 4. The van der Waals surface area contributed by atoms with Crippen LogP contribution in [0.4, 0.5) is 0 Å². The summed E-state index contributed by atoms with van der Waals surface area (Å²) in [6.45, 7) is 1.80. The number of imidazole rings is 1. The molecule has 3 aromatic heterocycles. The highest BCUT2D eigenvalue weighted by Gasteiger charge is 2.37. The first kappa shape index (κ1) is 17.0. The summed E-state index contributed by atoms with van der Waals surface area (Å²) in [7, 11) is 0. The first-order valence-corrected chi connectivity index (χ1v) is 8.95. The van der Waals surface area contributed by atoms with Gasteiger partial charge in [0.25, 0.3) is 5.91 Å². The van der Waals surface area contributed by atoms with Gasteiger partial charge in [-0.15, -0.1) is 0 Å². The monoisotopic (exact) mass is 370 g/mol. The maximum absolute atomic E-state index is 13.1. The maximum Gasteiger partial charge on any atom is 0.270 e. The molecule has 3 heterocycles. The standard InChI is InChI=1S/C19H19ClN4O2/c1-11-18(24-10-13(20)5-6-16(24)22-11)19(26)23-17(12-8-14(25)9-12)15-4-2-3-7-21-15/h2-7,10,12,14,17,25H,8-9H2,1H3,(H,23,26)/t12?,14?,17-/m0/s1. The first-order valence-electron chi connectivity index (χ1n) is 8.57. The summed E-state index contributed by atoms with van der Waals surface area (Å²) >= 11 is 6.09. The Labute approximate surface area is 155 Å². The molecule has 2 N–H and O–H groups in total. The maximum atomic E-state index is 13.1. The third kappa shape index (κ3) is 3.06. The average Bonchev–Trinajstić information content (AvgIpc) is 2.93. The van der Waals surface area contributed by atoms with Crippen LogP contribution < -0.4 is 5.32 Å². The summed E-state index contributed by atoms with van der Waals surface area (Å²) in [6, 6.07) is 8.91. The number of hydrogen-bond donors (Lipinski definition) is 2. The second-order valence-corrected chi connectivity index (χ2v) is 7.15. The van der Waals surface area contributed by atoms with Crippen molar-refractivity contribution in [1.29, 1.82) is 0 Å². The fraction of sp³-hybridized carbons (Fsp3) is 0.316. The largest absolute Gasteiger partial charge is 0.393 e. The molecule has 1 aliphatic rings. The SMILES string of the molecule is Cc1nc2ccc(Cl)cn2c1C(=O)N[C@H](c1ccccn1)C1CC(O)C1. The van der Waals surface area contributed by atoms with E-state index in [1.54, 1.807) is 35.9 Å². The number of nitrogens with zero attached hydrogens (tertiary/aromatic N) is 3. The molecule has 0 bridgehead atoms. The fourth-order valence-corrected chi connectivity index (χ4v) is 3.68. The van der Waals surface area contributed by atoms with Gasteiger partial charge in [0.15, 0.2) is 0 Å². The number of amides is 1. The molecule has 134 valence electrons. The van der Waals surface area contributed by atoms with Crippen LogP contribution in [-0.4, -0.2) is 31.5 Å². The van der Waals surface area contributed by atoms with Crippen LogP contribution >= 0.6 is 11.6 Å². The van der Waals surface area contributed by atoms with Gasteiger partial charge >= 0.3 is 0 Å². The van der Waals surface area contributed by atoms with E-state index in [0.717, 1.165) is 5.69 Å². The number of pyridine rings is 2. The number of aliphatic hydroxyl groups is 1. The van der Waals surface area contributed by atoms with Crippen molar-refractivity contribution in [2.75, 3.05) is 0 Å². The molecule has 26 heavy (non-hydrogen) atoms. The van der Waals surface area contributed by atoms with E-state index in [0.29, 0.717) is 34.9 Å². The number of aliphatic hydroxyl groups excluding tert-OH is 1. The number of nitrogens with one attached hydrogen (secondary N) is 1. The molecule has 1 atom stereocenters. The topological polar surface area (TPSA) is 79.5 Å². The number of fused-ring (bicyclic) bond motifs is 1. The molecule has 6 nitrogen and oxygen atoms in total. The zero-order chi connectivity index (χ0) is 18.3. The van der Waals surface area contributed by atoms with Crippen molar-refractivity contribution in [3.05, 3.63) is 64.8 Å². The van der Waals surface area contributed by atoms with Crippen LogP contribution in [0.1, 0.15) is 40.8 Å². The van der Waals surface area contributed by atoms with Crippen LogP contribution in [0, 0.1) is 12.8 Å². The van der Waals surface area contributed by atoms with Crippen LogP contribution in [0.2, 0.25) is 5.02 Å². The van der Waals surface area contributed by atoms with Crippen LogP contribution in [0.15, 0.2) is 42.7 Å². The minimum Gasteiger partial charge on any atom is -0.393 e. The summed E-state index contributed by atoms with van der Waals surface area (Å²) in [5.41, 5.74) is 2.56. The Morgan fingerprint density at radius 2 is 2.15 bits per heavy atom. The second kappa shape index (κ2) is 6.70. The highest BCUT2D eigenvalue weighted by molar-refractivity contribution is 6.30. The fourth-order valence-electron chi connectivity index (χ4n) is 3.51. The molecule has 1 amide bonds. The molecule has 1 fully saturated rings. The second-order valence-electron chi connectivity index (χ2n) is 6.71. The molecule has 0 spiro atoms. The van der Waals surface area contributed by atoms with Gasteiger partial charge in [-0.05, 0) is 49.9 Å². The Hall–Kier alpha value is -2.44. The van der Waals surface area contributed by atoms with E-state index in [4.69, 9.17) is 11.6 Å². The summed E-state index contributed by atoms with van der Waals surface area (Å²) in [6.07, 6.45) is 4.40. The highest BCUT2D eigenvalue weighted by Crippen LogP contribution is 2.37. The predicted molar refractivity (Wildman–Crippen MR) is 98.1 cm³/mol.